The molecule has 3 atom stereocenters. The molecule has 2 aliphatic heterocycles. The quantitative estimate of drug-likeness (QED) is 0.742. The Bertz CT molecular complexity index is 514. The molecule has 3 N–H and O–H groups in total. The zero-order valence-corrected chi connectivity index (χ0v) is 9.44. The minimum Gasteiger partial charge on any atom is -0.481 e. The Hall–Kier alpha value is -2.12. The van der Waals surface area contributed by atoms with Gasteiger partial charge in [-0.05, 0) is 29.6 Å². The topological polar surface area (TPSA) is 123 Å². The fourth-order valence-electron chi connectivity index (χ4n) is 3.04. The minimum atomic E-state index is -0.855. The molecule has 1 aromatic heterocycles. The molecule has 0 spiro atoms. The average molecular weight is 252 g/mol. The number of carboxylic acid groups (broad SMARTS) is 1. The number of aromatic nitrogens is 2. The first-order valence-corrected chi connectivity index (χ1v) is 5.73. The molecule has 0 radical (unpaired) electrons. The SMILES string of the molecule is Nc1nonc1C(=O)N1C2CCC1C(C(=O)O)C2. The van der Waals surface area contributed by atoms with Crippen LogP contribution in [-0.4, -0.2) is 44.3 Å². The molecule has 3 unspecified atom stereocenters. The van der Waals surface area contributed by atoms with E-state index in [4.69, 9.17) is 10.8 Å². The van der Waals surface area contributed by atoms with Crippen molar-refractivity contribution in [1.82, 2.24) is 15.2 Å². The van der Waals surface area contributed by atoms with Crippen LogP contribution in [-0.2, 0) is 4.79 Å². The van der Waals surface area contributed by atoms with Gasteiger partial charge in [-0.25, -0.2) is 4.63 Å². The van der Waals surface area contributed by atoms with Gasteiger partial charge in [0.05, 0.1) is 5.92 Å². The fraction of sp³-hybridized carbons (Fsp3) is 0.600. The van der Waals surface area contributed by atoms with E-state index in [1.807, 2.05) is 0 Å². The molecule has 0 aliphatic carbocycles. The highest BCUT2D eigenvalue weighted by Gasteiger charge is 2.52. The Balaban J connectivity index is 1.88. The van der Waals surface area contributed by atoms with Crippen LogP contribution >= 0.6 is 0 Å². The molecule has 2 aliphatic rings. The molecule has 3 heterocycles. The number of rotatable bonds is 2. The van der Waals surface area contributed by atoms with Crippen LogP contribution in [0.1, 0.15) is 29.8 Å². The van der Waals surface area contributed by atoms with Gasteiger partial charge in [-0.1, -0.05) is 0 Å². The van der Waals surface area contributed by atoms with Crippen molar-refractivity contribution in [3.8, 4) is 0 Å². The lowest BCUT2D eigenvalue weighted by Crippen LogP contribution is -2.38. The van der Waals surface area contributed by atoms with E-state index in [0.717, 1.165) is 6.42 Å². The molecule has 2 fully saturated rings. The van der Waals surface area contributed by atoms with Gasteiger partial charge in [-0.3, -0.25) is 9.59 Å². The molecule has 18 heavy (non-hydrogen) atoms. The monoisotopic (exact) mass is 252 g/mol. The number of anilines is 1. The molecule has 1 amide bonds. The van der Waals surface area contributed by atoms with Crippen molar-refractivity contribution in [2.24, 2.45) is 5.92 Å². The Morgan fingerprint density at radius 1 is 1.39 bits per heavy atom. The Labute approximate surface area is 102 Å². The van der Waals surface area contributed by atoms with Crippen molar-refractivity contribution >= 4 is 17.7 Å². The van der Waals surface area contributed by atoms with Crippen molar-refractivity contribution < 1.29 is 19.3 Å². The van der Waals surface area contributed by atoms with Crippen LogP contribution < -0.4 is 5.73 Å². The van der Waals surface area contributed by atoms with Crippen LogP contribution in [0.4, 0.5) is 5.82 Å². The van der Waals surface area contributed by atoms with E-state index in [1.165, 1.54) is 0 Å². The van der Waals surface area contributed by atoms with Gasteiger partial charge in [-0.15, -0.1) is 0 Å². The van der Waals surface area contributed by atoms with Gasteiger partial charge in [-0.2, -0.15) is 0 Å². The first kappa shape index (κ1) is 11.0. The lowest BCUT2D eigenvalue weighted by atomic mass is 9.89. The molecule has 0 saturated carbocycles. The van der Waals surface area contributed by atoms with Crippen LogP contribution in [0.25, 0.3) is 0 Å². The van der Waals surface area contributed by atoms with Gasteiger partial charge < -0.3 is 15.7 Å². The van der Waals surface area contributed by atoms with E-state index in [0.29, 0.717) is 12.8 Å². The maximum Gasteiger partial charge on any atom is 0.308 e. The Morgan fingerprint density at radius 3 is 2.72 bits per heavy atom. The average Bonchev–Trinajstić information content (AvgIpc) is 3.01. The third-order valence-electron chi connectivity index (χ3n) is 3.81. The zero-order chi connectivity index (χ0) is 12.9. The third-order valence-corrected chi connectivity index (χ3v) is 3.81. The third kappa shape index (κ3) is 1.38. The molecular weight excluding hydrogens is 240 g/mol. The van der Waals surface area contributed by atoms with Gasteiger partial charge in [0.15, 0.2) is 0 Å². The summed E-state index contributed by atoms with van der Waals surface area (Å²) in [5, 5.41) is 15.9. The van der Waals surface area contributed by atoms with Crippen molar-refractivity contribution in [3.05, 3.63) is 5.69 Å². The smallest absolute Gasteiger partial charge is 0.308 e. The minimum absolute atomic E-state index is 0.0297. The second-order valence-corrected chi connectivity index (χ2v) is 4.69. The second-order valence-electron chi connectivity index (χ2n) is 4.69. The standard InChI is InChI=1S/C10H12N4O4/c11-8-7(12-18-13-8)9(15)14-4-1-2-6(14)5(3-4)10(16)17/h4-6H,1-3H2,(H2,11,13)(H,16,17). The molecular formula is C10H12N4O4. The number of carboxylic acids is 1. The summed E-state index contributed by atoms with van der Waals surface area (Å²) in [6.45, 7) is 0. The summed E-state index contributed by atoms with van der Waals surface area (Å²) in [6.07, 6.45) is 2.03. The summed E-state index contributed by atoms with van der Waals surface area (Å²) in [5.74, 6) is -1.79. The van der Waals surface area contributed by atoms with Crippen LogP contribution in [0.3, 0.4) is 0 Å². The number of carbonyl (C=O) groups is 2. The van der Waals surface area contributed by atoms with Gasteiger partial charge in [0.2, 0.25) is 11.5 Å². The van der Waals surface area contributed by atoms with E-state index in [2.05, 4.69) is 14.9 Å². The van der Waals surface area contributed by atoms with E-state index in [-0.39, 0.29) is 29.5 Å². The summed E-state index contributed by atoms with van der Waals surface area (Å²) in [7, 11) is 0. The molecule has 2 saturated heterocycles. The van der Waals surface area contributed by atoms with Gasteiger partial charge in [0, 0.05) is 12.1 Å². The number of aliphatic carboxylic acids is 1. The number of amides is 1. The molecule has 96 valence electrons. The summed E-state index contributed by atoms with van der Waals surface area (Å²) in [6, 6.07) is -0.309. The maximum atomic E-state index is 12.2. The van der Waals surface area contributed by atoms with Crippen molar-refractivity contribution in [3.63, 3.8) is 0 Å². The summed E-state index contributed by atoms with van der Waals surface area (Å²) in [5.41, 5.74) is 5.45. The van der Waals surface area contributed by atoms with Gasteiger partial charge >= 0.3 is 5.97 Å². The lowest BCUT2D eigenvalue weighted by Gasteiger charge is -2.21. The summed E-state index contributed by atoms with van der Waals surface area (Å²) in [4.78, 5) is 24.9. The predicted molar refractivity (Wildman–Crippen MR) is 57.4 cm³/mol. The first-order valence-electron chi connectivity index (χ1n) is 5.73. The number of nitrogen functional groups attached to an aromatic ring is 1. The van der Waals surface area contributed by atoms with E-state index >= 15 is 0 Å². The molecule has 8 nitrogen and oxygen atoms in total. The predicted octanol–water partition coefficient (Wildman–Crippen LogP) is -0.271. The number of hydrogen-bond donors (Lipinski definition) is 2. The van der Waals surface area contributed by atoms with E-state index in [1.54, 1.807) is 4.90 Å². The van der Waals surface area contributed by atoms with Gasteiger partial charge in [0.25, 0.3) is 5.91 Å². The van der Waals surface area contributed by atoms with Crippen LogP contribution in [0.2, 0.25) is 0 Å². The Morgan fingerprint density at radius 2 is 2.17 bits per heavy atom. The van der Waals surface area contributed by atoms with E-state index in [9.17, 15) is 9.59 Å². The molecule has 3 rings (SSSR count). The summed E-state index contributed by atoms with van der Waals surface area (Å²) >= 11 is 0. The highest BCUT2D eigenvalue weighted by Crippen LogP contribution is 2.42. The molecule has 0 aromatic carbocycles. The van der Waals surface area contributed by atoms with Crippen molar-refractivity contribution in [1.29, 1.82) is 0 Å². The number of fused-ring (bicyclic) bond motifs is 2. The molecule has 2 bridgehead atoms. The molecule has 8 heteroatoms. The molecule has 1 aromatic rings. The maximum absolute atomic E-state index is 12.2. The second kappa shape index (κ2) is 3.69. The fourth-order valence-corrected chi connectivity index (χ4v) is 3.04. The van der Waals surface area contributed by atoms with Gasteiger partial charge in [0.1, 0.15) is 0 Å². The summed E-state index contributed by atoms with van der Waals surface area (Å²) < 4.78 is 4.40. The zero-order valence-electron chi connectivity index (χ0n) is 9.44. The highest BCUT2D eigenvalue weighted by molar-refractivity contribution is 5.97. The van der Waals surface area contributed by atoms with Crippen molar-refractivity contribution in [2.45, 2.75) is 31.3 Å². The van der Waals surface area contributed by atoms with Crippen LogP contribution in [0.15, 0.2) is 4.63 Å². The van der Waals surface area contributed by atoms with E-state index < -0.39 is 11.9 Å². The highest BCUT2D eigenvalue weighted by atomic mass is 16.6. The number of hydrogen-bond acceptors (Lipinski definition) is 6. The number of nitrogens with zero attached hydrogens (tertiary/aromatic N) is 3. The lowest BCUT2D eigenvalue weighted by molar-refractivity contribution is -0.142. The largest absolute Gasteiger partial charge is 0.481 e. The van der Waals surface area contributed by atoms with Crippen LogP contribution in [0.5, 0.6) is 0 Å². The number of carbonyl (C=O) groups excluding carboxylic acids is 1. The number of nitrogens with two attached hydrogens (primary N) is 1. The first-order chi connectivity index (χ1) is 8.59. The Kier molecular flexibility index (Phi) is 2.25. The normalized spacial score (nSPS) is 29.8. The van der Waals surface area contributed by atoms with Crippen LogP contribution in [0, 0.1) is 5.92 Å². The van der Waals surface area contributed by atoms with Crippen molar-refractivity contribution in [2.75, 3.05) is 5.73 Å².